The summed E-state index contributed by atoms with van der Waals surface area (Å²) in [6, 6.07) is 11.6. The number of carbonyl (C=O) groups excluding carboxylic acids is 1. The van der Waals surface area contributed by atoms with Crippen LogP contribution in [0.5, 0.6) is 11.5 Å². The largest absolute Gasteiger partial charge is 0.493 e. The number of anilines is 1. The first-order chi connectivity index (χ1) is 14.5. The Morgan fingerprint density at radius 1 is 1.30 bits per heavy atom. The third-order valence-corrected chi connectivity index (χ3v) is 5.09. The zero-order valence-corrected chi connectivity index (χ0v) is 17.3. The van der Waals surface area contributed by atoms with Gasteiger partial charge in [0.25, 0.3) is 5.91 Å². The highest BCUT2D eigenvalue weighted by molar-refractivity contribution is 7.17. The van der Waals surface area contributed by atoms with E-state index in [1.54, 1.807) is 36.4 Å². The lowest BCUT2D eigenvalue weighted by Crippen LogP contribution is -2.17. The molecule has 3 N–H and O–H groups in total. The predicted octanol–water partition coefficient (Wildman–Crippen LogP) is 3.78. The molecule has 30 heavy (non-hydrogen) atoms. The van der Waals surface area contributed by atoms with Crippen LogP contribution in [0.1, 0.15) is 33.4 Å². The summed E-state index contributed by atoms with van der Waals surface area (Å²) in [4.78, 5) is 16.8. The maximum atomic E-state index is 13.7. The molecule has 0 unspecified atom stereocenters. The van der Waals surface area contributed by atoms with Gasteiger partial charge in [-0.3, -0.25) is 4.79 Å². The number of nitrogens with zero attached hydrogens (tertiary/aromatic N) is 2. The van der Waals surface area contributed by atoms with Crippen molar-refractivity contribution < 1.29 is 18.7 Å². The Labute approximate surface area is 177 Å². The fourth-order valence-electron chi connectivity index (χ4n) is 2.66. The zero-order valence-electron chi connectivity index (χ0n) is 16.5. The van der Waals surface area contributed by atoms with Gasteiger partial charge >= 0.3 is 0 Å². The van der Waals surface area contributed by atoms with Gasteiger partial charge in [-0.15, -0.1) is 0 Å². The molecule has 0 saturated heterocycles. The molecule has 2 aromatic carbocycles. The Kier molecular flexibility index (Phi) is 6.97. The number of ether oxygens (including phenoxy) is 2. The van der Waals surface area contributed by atoms with Crippen LogP contribution in [0, 0.1) is 5.82 Å². The van der Waals surface area contributed by atoms with E-state index in [2.05, 4.69) is 15.5 Å². The maximum absolute atomic E-state index is 13.7. The van der Waals surface area contributed by atoms with Crippen molar-refractivity contribution in [3.05, 3.63) is 70.0 Å². The molecule has 0 bridgehead atoms. The Bertz CT molecular complexity index is 1070. The van der Waals surface area contributed by atoms with Gasteiger partial charge in [-0.05, 0) is 36.2 Å². The lowest BCUT2D eigenvalue weighted by molar-refractivity contribution is 0.0958. The molecule has 0 aliphatic rings. The number of hydrogen-bond donors (Lipinski definition) is 2. The SMILES string of the molecule is CCc1nc(N)sc1C(=O)NN=Cc1ccc(OCc2ccccc2F)c(OC)c1. The Morgan fingerprint density at radius 3 is 2.83 bits per heavy atom. The molecule has 0 aliphatic heterocycles. The number of aryl methyl sites for hydroxylation is 1. The number of halogens is 1. The van der Waals surface area contributed by atoms with E-state index in [0.29, 0.717) is 44.7 Å². The number of nitrogens with two attached hydrogens (primary N) is 1. The molecule has 3 aromatic rings. The molecular weight excluding hydrogens is 407 g/mol. The normalized spacial score (nSPS) is 10.9. The van der Waals surface area contributed by atoms with E-state index in [1.807, 2.05) is 6.92 Å². The third-order valence-electron chi connectivity index (χ3n) is 4.16. The second-order valence-electron chi connectivity index (χ2n) is 6.17. The number of aromatic nitrogens is 1. The molecule has 0 saturated carbocycles. The predicted molar refractivity (Wildman–Crippen MR) is 115 cm³/mol. The maximum Gasteiger partial charge on any atom is 0.283 e. The van der Waals surface area contributed by atoms with Crippen molar-refractivity contribution >= 4 is 28.6 Å². The number of rotatable bonds is 8. The minimum atomic E-state index is -0.367. The summed E-state index contributed by atoms with van der Waals surface area (Å²) in [6.45, 7) is 1.97. The number of nitrogen functional groups attached to an aromatic ring is 1. The highest BCUT2D eigenvalue weighted by atomic mass is 32.1. The second kappa shape index (κ2) is 9.84. The van der Waals surface area contributed by atoms with Gasteiger partial charge in [0.15, 0.2) is 16.6 Å². The zero-order chi connectivity index (χ0) is 21.5. The molecule has 1 amide bonds. The number of methoxy groups -OCH3 is 1. The third kappa shape index (κ3) is 5.12. The molecule has 156 valence electrons. The summed E-state index contributed by atoms with van der Waals surface area (Å²) < 4.78 is 24.8. The molecule has 0 atom stereocenters. The molecule has 3 rings (SSSR count). The molecule has 1 heterocycles. The molecule has 7 nitrogen and oxygen atoms in total. The Hall–Kier alpha value is -3.46. The lowest BCUT2D eigenvalue weighted by Gasteiger charge is -2.11. The summed E-state index contributed by atoms with van der Waals surface area (Å²) >= 11 is 1.12. The van der Waals surface area contributed by atoms with E-state index < -0.39 is 0 Å². The van der Waals surface area contributed by atoms with Crippen LogP contribution < -0.4 is 20.6 Å². The van der Waals surface area contributed by atoms with Crippen molar-refractivity contribution in [3.63, 3.8) is 0 Å². The van der Waals surface area contributed by atoms with Gasteiger partial charge in [0.05, 0.1) is 19.0 Å². The van der Waals surface area contributed by atoms with Crippen LogP contribution in [0.4, 0.5) is 9.52 Å². The van der Waals surface area contributed by atoms with E-state index in [9.17, 15) is 9.18 Å². The number of hydrazone groups is 1. The van der Waals surface area contributed by atoms with Gasteiger partial charge < -0.3 is 15.2 Å². The topological polar surface area (TPSA) is 98.8 Å². The highest BCUT2D eigenvalue weighted by Gasteiger charge is 2.15. The van der Waals surface area contributed by atoms with Crippen molar-refractivity contribution in [2.75, 3.05) is 12.8 Å². The minimum absolute atomic E-state index is 0.0737. The average Bonchev–Trinajstić information content (AvgIpc) is 3.14. The number of carbonyl (C=O) groups is 1. The smallest absolute Gasteiger partial charge is 0.283 e. The monoisotopic (exact) mass is 428 g/mol. The van der Waals surface area contributed by atoms with Crippen LogP contribution in [0.15, 0.2) is 47.6 Å². The molecular formula is C21H21FN4O3S. The van der Waals surface area contributed by atoms with Crippen LogP contribution in [0.25, 0.3) is 0 Å². The number of benzene rings is 2. The summed E-state index contributed by atoms with van der Waals surface area (Å²) in [6.07, 6.45) is 2.09. The van der Waals surface area contributed by atoms with Crippen LogP contribution in [-0.4, -0.2) is 24.2 Å². The number of amides is 1. The Morgan fingerprint density at radius 2 is 2.10 bits per heavy atom. The van der Waals surface area contributed by atoms with Crippen molar-refractivity contribution in [1.82, 2.24) is 10.4 Å². The highest BCUT2D eigenvalue weighted by Crippen LogP contribution is 2.28. The first kappa shape index (κ1) is 21.3. The fourth-order valence-corrected chi connectivity index (χ4v) is 3.47. The summed E-state index contributed by atoms with van der Waals surface area (Å²) in [5, 5.41) is 4.32. The molecule has 0 aliphatic carbocycles. The van der Waals surface area contributed by atoms with Gasteiger partial charge in [0.2, 0.25) is 0 Å². The minimum Gasteiger partial charge on any atom is -0.493 e. The standard InChI is InChI=1S/C21H21FN4O3S/c1-3-16-19(30-21(23)25-16)20(27)26-24-11-13-8-9-17(18(10-13)28-2)29-12-14-6-4-5-7-15(14)22/h4-11H,3,12H2,1-2H3,(H2,23,25)(H,26,27). The molecule has 0 fully saturated rings. The number of nitrogens with one attached hydrogen (secondary N) is 1. The Balaban J connectivity index is 1.65. The van der Waals surface area contributed by atoms with Crippen LogP contribution in [0.3, 0.4) is 0 Å². The van der Waals surface area contributed by atoms with E-state index in [1.165, 1.54) is 19.4 Å². The number of thiazole rings is 1. The van der Waals surface area contributed by atoms with Crippen LogP contribution in [-0.2, 0) is 13.0 Å². The van der Waals surface area contributed by atoms with Crippen molar-refractivity contribution in [1.29, 1.82) is 0 Å². The summed E-state index contributed by atoms with van der Waals surface area (Å²) in [7, 11) is 1.51. The van der Waals surface area contributed by atoms with Gasteiger partial charge in [0.1, 0.15) is 17.3 Å². The van der Waals surface area contributed by atoms with Crippen molar-refractivity contribution in [2.45, 2.75) is 20.0 Å². The quantitative estimate of drug-likeness (QED) is 0.420. The fraction of sp³-hybridized carbons (Fsp3) is 0.190. The van der Waals surface area contributed by atoms with E-state index in [0.717, 1.165) is 11.3 Å². The van der Waals surface area contributed by atoms with Gasteiger partial charge in [-0.2, -0.15) is 5.10 Å². The summed E-state index contributed by atoms with van der Waals surface area (Å²) in [5.74, 6) is 0.235. The van der Waals surface area contributed by atoms with Crippen molar-refractivity contribution in [2.24, 2.45) is 5.10 Å². The molecule has 9 heteroatoms. The number of hydrogen-bond acceptors (Lipinski definition) is 7. The van der Waals surface area contributed by atoms with Crippen molar-refractivity contribution in [3.8, 4) is 11.5 Å². The summed E-state index contributed by atoms with van der Waals surface area (Å²) in [5.41, 5.74) is 9.92. The first-order valence-electron chi connectivity index (χ1n) is 9.14. The lowest BCUT2D eigenvalue weighted by atomic mass is 10.2. The molecule has 0 spiro atoms. The molecule has 0 radical (unpaired) electrons. The van der Waals surface area contributed by atoms with Gasteiger partial charge in [-0.25, -0.2) is 14.8 Å². The molecule has 1 aromatic heterocycles. The van der Waals surface area contributed by atoms with Gasteiger partial charge in [-0.1, -0.05) is 36.5 Å². The van der Waals surface area contributed by atoms with Crippen LogP contribution >= 0.6 is 11.3 Å². The van der Waals surface area contributed by atoms with E-state index >= 15 is 0 Å². The van der Waals surface area contributed by atoms with Crippen LogP contribution in [0.2, 0.25) is 0 Å². The second-order valence-corrected chi connectivity index (χ2v) is 7.20. The van der Waals surface area contributed by atoms with E-state index in [4.69, 9.17) is 15.2 Å². The first-order valence-corrected chi connectivity index (χ1v) is 9.96. The van der Waals surface area contributed by atoms with E-state index in [-0.39, 0.29) is 18.3 Å². The van der Waals surface area contributed by atoms with Gasteiger partial charge in [0, 0.05) is 5.56 Å². The average molecular weight is 428 g/mol.